The molecule has 2 heterocycles. The van der Waals surface area contributed by atoms with Crippen molar-refractivity contribution in [1.29, 1.82) is 0 Å². The van der Waals surface area contributed by atoms with Gasteiger partial charge in [0.2, 0.25) is 5.95 Å². The van der Waals surface area contributed by atoms with Crippen LogP contribution in [0.15, 0.2) is 6.20 Å². The molecular formula is C12H14N6O. The predicted molar refractivity (Wildman–Crippen MR) is 69.3 cm³/mol. The third kappa shape index (κ3) is 1.58. The number of hydrogen-bond acceptors (Lipinski definition) is 5. The Hall–Kier alpha value is -2.44. The van der Waals surface area contributed by atoms with Crippen LogP contribution in [0.25, 0.3) is 11.4 Å². The van der Waals surface area contributed by atoms with Gasteiger partial charge in [0.15, 0.2) is 0 Å². The molecule has 3 rings (SSSR count). The molecule has 1 aliphatic carbocycles. The third-order valence-electron chi connectivity index (χ3n) is 3.43. The molecule has 98 valence electrons. The number of carbonyl (C=O) groups is 1. The third-order valence-corrected chi connectivity index (χ3v) is 3.43. The predicted octanol–water partition coefficient (Wildman–Crippen LogP) is 0.382. The Bertz CT molecular complexity index is 688. The molecule has 0 spiro atoms. The molecule has 0 saturated carbocycles. The first-order valence-electron chi connectivity index (χ1n) is 5.90. The number of amides is 1. The summed E-state index contributed by atoms with van der Waals surface area (Å²) in [5.74, 6) is -0.333. The fraction of sp³-hybridized carbons (Fsp3) is 0.333. The first-order chi connectivity index (χ1) is 8.90. The highest BCUT2D eigenvalue weighted by Crippen LogP contribution is 2.42. The van der Waals surface area contributed by atoms with E-state index < -0.39 is 5.91 Å². The summed E-state index contributed by atoms with van der Waals surface area (Å²) in [6, 6.07) is 0. The van der Waals surface area contributed by atoms with Crippen molar-refractivity contribution >= 4 is 11.9 Å². The van der Waals surface area contributed by atoms with Crippen LogP contribution < -0.4 is 11.5 Å². The van der Waals surface area contributed by atoms with Crippen LogP contribution in [-0.2, 0) is 11.8 Å². The molecule has 1 amide bonds. The standard InChI is InChI=1S/C12H14N6O/c1-12(2)3-5-4-15-11(14)16-7(5)8-6(12)9(10(13)19)18-17-8/h4H,3H2,1-2H3,(H2,13,19)(H,17,18)(H2,14,15,16). The van der Waals surface area contributed by atoms with Gasteiger partial charge in [-0.15, -0.1) is 0 Å². The smallest absolute Gasteiger partial charge is 0.267 e. The van der Waals surface area contributed by atoms with Gasteiger partial charge in [-0.2, -0.15) is 5.10 Å². The van der Waals surface area contributed by atoms with Gasteiger partial charge in [-0.1, -0.05) is 13.8 Å². The molecule has 7 heteroatoms. The van der Waals surface area contributed by atoms with Gasteiger partial charge < -0.3 is 11.5 Å². The summed E-state index contributed by atoms with van der Waals surface area (Å²) in [4.78, 5) is 19.7. The van der Waals surface area contributed by atoms with Crippen molar-refractivity contribution in [3.8, 4) is 11.4 Å². The maximum atomic E-state index is 11.5. The molecule has 0 unspecified atom stereocenters. The van der Waals surface area contributed by atoms with Gasteiger partial charge in [-0.05, 0) is 17.4 Å². The van der Waals surface area contributed by atoms with E-state index in [1.807, 2.05) is 13.8 Å². The lowest BCUT2D eigenvalue weighted by atomic mass is 9.73. The van der Waals surface area contributed by atoms with Gasteiger partial charge in [0.25, 0.3) is 5.91 Å². The van der Waals surface area contributed by atoms with E-state index in [1.54, 1.807) is 6.20 Å². The molecule has 1 aliphatic rings. The summed E-state index contributed by atoms with van der Waals surface area (Å²) in [5, 5.41) is 6.89. The second-order valence-electron chi connectivity index (χ2n) is 5.35. The summed E-state index contributed by atoms with van der Waals surface area (Å²) in [6.07, 6.45) is 2.41. The fourth-order valence-electron chi connectivity index (χ4n) is 2.67. The lowest BCUT2D eigenvalue weighted by Crippen LogP contribution is -2.29. The number of rotatable bonds is 1. The van der Waals surface area contributed by atoms with E-state index in [0.717, 1.165) is 11.1 Å². The summed E-state index contributed by atoms with van der Waals surface area (Å²) >= 11 is 0. The topological polar surface area (TPSA) is 124 Å². The Kier molecular flexibility index (Phi) is 2.16. The zero-order valence-electron chi connectivity index (χ0n) is 10.7. The molecule has 0 atom stereocenters. The van der Waals surface area contributed by atoms with Gasteiger partial charge in [0.1, 0.15) is 11.4 Å². The van der Waals surface area contributed by atoms with Gasteiger partial charge in [-0.25, -0.2) is 9.97 Å². The molecule has 0 aliphatic heterocycles. The van der Waals surface area contributed by atoms with Crippen LogP contribution >= 0.6 is 0 Å². The van der Waals surface area contributed by atoms with E-state index in [9.17, 15) is 4.79 Å². The summed E-state index contributed by atoms with van der Waals surface area (Å²) in [6.45, 7) is 4.07. The highest BCUT2D eigenvalue weighted by Gasteiger charge is 2.38. The number of nitrogens with two attached hydrogens (primary N) is 2. The normalized spacial score (nSPS) is 15.7. The van der Waals surface area contributed by atoms with Crippen molar-refractivity contribution in [3.05, 3.63) is 23.0 Å². The monoisotopic (exact) mass is 258 g/mol. The fourth-order valence-corrected chi connectivity index (χ4v) is 2.67. The van der Waals surface area contributed by atoms with Gasteiger partial charge >= 0.3 is 0 Å². The van der Waals surface area contributed by atoms with Crippen molar-refractivity contribution in [2.24, 2.45) is 5.73 Å². The highest BCUT2D eigenvalue weighted by atomic mass is 16.1. The maximum absolute atomic E-state index is 11.5. The van der Waals surface area contributed by atoms with E-state index in [1.165, 1.54) is 0 Å². The largest absolute Gasteiger partial charge is 0.368 e. The number of hydrogen-bond donors (Lipinski definition) is 3. The summed E-state index contributed by atoms with van der Waals surface area (Å²) < 4.78 is 0. The zero-order valence-corrected chi connectivity index (χ0v) is 10.7. The zero-order chi connectivity index (χ0) is 13.8. The minimum atomic E-state index is -0.521. The van der Waals surface area contributed by atoms with Crippen LogP contribution in [0.5, 0.6) is 0 Å². The molecular weight excluding hydrogens is 244 g/mol. The average molecular weight is 258 g/mol. The second-order valence-corrected chi connectivity index (χ2v) is 5.35. The first kappa shape index (κ1) is 11.6. The Labute approximate surface area is 109 Å². The Balaban J connectivity index is 2.33. The molecule has 19 heavy (non-hydrogen) atoms. The van der Waals surface area contributed by atoms with Gasteiger partial charge in [0, 0.05) is 11.8 Å². The minimum absolute atomic E-state index is 0.188. The van der Waals surface area contributed by atoms with Crippen molar-refractivity contribution < 1.29 is 4.79 Å². The number of aromatic nitrogens is 4. The van der Waals surface area contributed by atoms with Gasteiger partial charge in [-0.3, -0.25) is 9.89 Å². The number of nitrogen functional groups attached to an aromatic ring is 1. The van der Waals surface area contributed by atoms with E-state index >= 15 is 0 Å². The number of anilines is 1. The first-order valence-corrected chi connectivity index (χ1v) is 5.90. The molecule has 7 nitrogen and oxygen atoms in total. The van der Waals surface area contributed by atoms with Crippen LogP contribution in [0.3, 0.4) is 0 Å². The molecule has 0 bridgehead atoms. The molecule has 2 aromatic rings. The lowest BCUT2D eigenvalue weighted by Gasteiger charge is -2.30. The van der Waals surface area contributed by atoms with Crippen molar-refractivity contribution in [2.45, 2.75) is 25.7 Å². The number of fused-ring (bicyclic) bond motifs is 3. The minimum Gasteiger partial charge on any atom is -0.368 e. The number of primary amides is 1. The molecule has 5 N–H and O–H groups in total. The van der Waals surface area contributed by atoms with Crippen LogP contribution in [0.4, 0.5) is 5.95 Å². The number of aromatic amines is 1. The second kappa shape index (κ2) is 3.53. The molecule has 0 saturated heterocycles. The molecule has 0 radical (unpaired) electrons. The molecule has 2 aromatic heterocycles. The summed E-state index contributed by atoms with van der Waals surface area (Å²) in [5.41, 5.74) is 14.1. The van der Waals surface area contributed by atoms with Crippen LogP contribution in [0.2, 0.25) is 0 Å². The van der Waals surface area contributed by atoms with E-state index in [0.29, 0.717) is 23.5 Å². The Morgan fingerprint density at radius 1 is 1.42 bits per heavy atom. The summed E-state index contributed by atoms with van der Waals surface area (Å²) in [7, 11) is 0. The number of nitrogens with zero attached hydrogens (tertiary/aromatic N) is 3. The molecule has 0 fully saturated rings. The SMILES string of the molecule is CC1(C)Cc2cnc(N)nc2-c2n[nH]c(C(N)=O)c21. The number of carbonyl (C=O) groups excluding carboxylic acids is 1. The highest BCUT2D eigenvalue weighted by molar-refractivity contribution is 5.95. The van der Waals surface area contributed by atoms with Crippen LogP contribution in [0.1, 0.15) is 35.5 Å². The maximum Gasteiger partial charge on any atom is 0.267 e. The van der Waals surface area contributed by atoms with Crippen molar-refractivity contribution in [2.75, 3.05) is 5.73 Å². The van der Waals surface area contributed by atoms with Crippen LogP contribution in [0, 0.1) is 0 Å². The van der Waals surface area contributed by atoms with E-state index in [2.05, 4.69) is 20.2 Å². The van der Waals surface area contributed by atoms with E-state index in [4.69, 9.17) is 11.5 Å². The Morgan fingerprint density at radius 3 is 2.84 bits per heavy atom. The van der Waals surface area contributed by atoms with Gasteiger partial charge in [0.05, 0.1) is 5.69 Å². The number of H-pyrrole nitrogens is 1. The van der Waals surface area contributed by atoms with E-state index in [-0.39, 0.29) is 11.4 Å². The lowest BCUT2D eigenvalue weighted by molar-refractivity contribution is 0.0993. The quantitative estimate of drug-likeness (QED) is 0.682. The molecule has 0 aromatic carbocycles. The van der Waals surface area contributed by atoms with Crippen molar-refractivity contribution in [3.63, 3.8) is 0 Å². The number of nitrogens with one attached hydrogen (secondary N) is 1. The average Bonchev–Trinajstić information content (AvgIpc) is 2.76. The van der Waals surface area contributed by atoms with Crippen molar-refractivity contribution in [1.82, 2.24) is 20.2 Å². The van der Waals surface area contributed by atoms with Crippen LogP contribution in [-0.4, -0.2) is 26.1 Å². The Morgan fingerprint density at radius 2 is 2.16 bits per heavy atom.